The van der Waals surface area contributed by atoms with Crippen LogP contribution in [0.15, 0.2) is 11.6 Å². The van der Waals surface area contributed by atoms with Crippen molar-refractivity contribution in [3.63, 3.8) is 0 Å². The number of nitrogens with zero attached hydrogens (tertiary/aromatic N) is 2. The van der Waals surface area contributed by atoms with Gasteiger partial charge >= 0.3 is 12.2 Å². The molecule has 0 aromatic rings. The molecule has 2 heterocycles. The molecule has 9 heteroatoms. The van der Waals surface area contributed by atoms with Gasteiger partial charge in [-0.3, -0.25) is 9.69 Å². The number of likely N-dealkylation sites (tertiary alicyclic amines) is 1. The number of nitrogens with one attached hydrogen (secondary N) is 2. The van der Waals surface area contributed by atoms with Crippen LogP contribution in [0.3, 0.4) is 0 Å². The SMILES string of the molecule is CNC(=O)CN1CCC(NC(=O)N2CC=C(C(F)(F)F)CC2)CC1. The normalized spacial score (nSPS) is 20.5. The second-order valence-corrected chi connectivity index (χ2v) is 6.10. The van der Waals surface area contributed by atoms with E-state index in [1.807, 2.05) is 4.90 Å². The first-order valence-electron chi connectivity index (χ1n) is 8.04. The number of rotatable bonds is 3. The molecule has 2 N–H and O–H groups in total. The molecule has 1 saturated heterocycles. The molecule has 3 amide bonds. The third-order valence-electron chi connectivity index (χ3n) is 4.42. The second-order valence-electron chi connectivity index (χ2n) is 6.10. The van der Waals surface area contributed by atoms with Gasteiger partial charge in [0.15, 0.2) is 0 Å². The van der Waals surface area contributed by atoms with Gasteiger partial charge in [-0.25, -0.2) is 4.79 Å². The topological polar surface area (TPSA) is 64.7 Å². The molecule has 0 unspecified atom stereocenters. The number of urea groups is 1. The summed E-state index contributed by atoms with van der Waals surface area (Å²) in [6.45, 7) is 1.81. The lowest BCUT2D eigenvalue weighted by atomic mass is 10.0. The molecule has 0 saturated carbocycles. The average molecular weight is 348 g/mol. The highest BCUT2D eigenvalue weighted by molar-refractivity contribution is 5.77. The number of halogens is 3. The summed E-state index contributed by atoms with van der Waals surface area (Å²) < 4.78 is 37.7. The molecule has 24 heavy (non-hydrogen) atoms. The zero-order valence-electron chi connectivity index (χ0n) is 13.7. The summed E-state index contributed by atoms with van der Waals surface area (Å²) in [5.74, 6) is -0.0435. The molecular weight excluding hydrogens is 325 g/mol. The molecule has 0 aromatic heterocycles. The zero-order valence-corrected chi connectivity index (χ0v) is 13.7. The molecule has 0 spiro atoms. The molecule has 1 fully saturated rings. The van der Waals surface area contributed by atoms with Crippen LogP contribution in [0.5, 0.6) is 0 Å². The molecule has 0 aliphatic carbocycles. The van der Waals surface area contributed by atoms with E-state index in [0.29, 0.717) is 19.6 Å². The van der Waals surface area contributed by atoms with Gasteiger partial charge in [0.25, 0.3) is 0 Å². The van der Waals surface area contributed by atoms with E-state index in [9.17, 15) is 22.8 Å². The molecule has 2 aliphatic rings. The number of likely N-dealkylation sites (N-methyl/N-ethyl adjacent to an activating group) is 1. The monoisotopic (exact) mass is 348 g/mol. The van der Waals surface area contributed by atoms with Gasteiger partial charge in [0, 0.05) is 44.8 Å². The highest BCUT2D eigenvalue weighted by Gasteiger charge is 2.35. The van der Waals surface area contributed by atoms with Gasteiger partial charge in [0.2, 0.25) is 5.91 Å². The van der Waals surface area contributed by atoms with Crippen molar-refractivity contribution in [1.29, 1.82) is 0 Å². The fourth-order valence-electron chi connectivity index (χ4n) is 2.89. The van der Waals surface area contributed by atoms with Crippen molar-refractivity contribution < 1.29 is 22.8 Å². The standard InChI is InChI=1S/C15H23F3N4O2/c1-19-13(23)10-21-6-4-12(5-7-21)20-14(24)22-8-2-11(3-9-22)15(16,17)18/h2,12H,3-10H2,1H3,(H,19,23)(H,20,24). The molecule has 2 aliphatic heterocycles. The summed E-state index contributed by atoms with van der Waals surface area (Å²) in [5, 5.41) is 5.45. The quantitative estimate of drug-likeness (QED) is 0.751. The van der Waals surface area contributed by atoms with E-state index in [2.05, 4.69) is 10.6 Å². The van der Waals surface area contributed by atoms with Gasteiger partial charge in [0.1, 0.15) is 0 Å². The first-order chi connectivity index (χ1) is 11.3. The third-order valence-corrected chi connectivity index (χ3v) is 4.42. The van der Waals surface area contributed by atoms with Gasteiger partial charge in [-0.05, 0) is 19.3 Å². The lowest BCUT2D eigenvalue weighted by Crippen LogP contribution is -2.51. The van der Waals surface area contributed by atoms with Gasteiger partial charge in [0.05, 0.1) is 6.54 Å². The minimum atomic E-state index is -4.31. The molecule has 0 aromatic carbocycles. The van der Waals surface area contributed by atoms with E-state index in [4.69, 9.17) is 0 Å². The van der Waals surface area contributed by atoms with Crippen LogP contribution in [0, 0.1) is 0 Å². The molecule has 0 atom stereocenters. The number of hydrogen-bond donors (Lipinski definition) is 2. The third kappa shape index (κ3) is 5.12. The average Bonchev–Trinajstić information content (AvgIpc) is 2.55. The minimum absolute atomic E-state index is 0.00793. The highest BCUT2D eigenvalue weighted by Crippen LogP contribution is 2.30. The largest absolute Gasteiger partial charge is 0.412 e. The van der Waals surface area contributed by atoms with Crippen LogP contribution in [-0.2, 0) is 4.79 Å². The van der Waals surface area contributed by atoms with Gasteiger partial charge in [-0.2, -0.15) is 13.2 Å². The Hall–Kier alpha value is -1.77. The maximum Gasteiger partial charge on any atom is 0.412 e. The van der Waals surface area contributed by atoms with Gasteiger partial charge in [-0.1, -0.05) is 6.08 Å². The summed E-state index contributed by atoms with van der Waals surface area (Å²) in [5.41, 5.74) is -0.561. The van der Waals surface area contributed by atoms with Crippen LogP contribution in [-0.4, -0.2) is 73.7 Å². The van der Waals surface area contributed by atoms with E-state index in [0.717, 1.165) is 18.9 Å². The highest BCUT2D eigenvalue weighted by atomic mass is 19.4. The summed E-state index contributed by atoms with van der Waals surface area (Å²) in [7, 11) is 1.59. The Morgan fingerprint density at radius 1 is 1.25 bits per heavy atom. The minimum Gasteiger partial charge on any atom is -0.358 e. The number of piperidine rings is 1. The van der Waals surface area contributed by atoms with Crippen LogP contribution in [0.4, 0.5) is 18.0 Å². The lowest BCUT2D eigenvalue weighted by Gasteiger charge is -2.34. The molecule has 0 bridgehead atoms. The molecule has 6 nitrogen and oxygen atoms in total. The van der Waals surface area contributed by atoms with E-state index in [1.54, 1.807) is 7.05 Å². The predicted molar refractivity (Wildman–Crippen MR) is 82.4 cm³/mol. The first kappa shape index (κ1) is 18.6. The van der Waals surface area contributed by atoms with Crippen LogP contribution < -0.4 is 10.6 Å². The van der Waals surface area contributed by atoms with Crippen molar-refractivity contribution in [2.24, 2.45) is 0 Å². The van der Waals surface area contributed by atoms with Crippen LogP contribution in [0.2, 0.25) is 0 Å². The Labute approximate surface area is 139 Å². The first-order valence-corrected chi connectivity index (χ1v) is 8.04. The van der Waals surface area contributed by atoms with Crippen molar-refractivity contribution in [2.45, 2.75) is 31.5 Å². The summed E-state index contributed by atoms with van der Waals surface area (Å²) in [6, 6.07) is -0.330. The lowest BCUT2D eigenvalue weighted by molar-refractivity contribution is -0.122. The summed E-state index contributed by atoms with van der Waals surface area (Å²) in [4.78, 5) is 26.9. The van der Waals surface area contributed by atoms with Crippen LogP contribution in [0.1, 0.15) is 19.3 Å². The summed E-state index contributed by atoms with van der Waals surface area (Å²) >= 11 is 0. The number of hydrogen-bond acceptors (Lipinski definition) is 3. The Bertz CT molecular complexity index is 499. The van der Waals surface area contributed by atoms with Crippen molar-refractivity contribution in [3.05, 3.63) is 11.6 Å². The fraction of sp³-hybridized carbons (Fsp3) is 0.733. The smallest absolute Gasteiger partial charge is 0.358 e. The van der Waals surface area contributed by atoms with Gasteiger partial charge in [-0.15, -0.1) is 0 Å². The van der Waals surface area contributed by atoms with Crippen molar-refractivity contribution in [1.82, 2.24) is 20.4 Å². The second kappa shape index (κ2) is 7.87. The van der Waals surface area contributed by atoms with Crippen molar-refractivity contribution >= 4 is 11.9 Å². The fourth-order valence-corrected chi connectivity index (χ4v) is 2.89. The Morgan fingerprint density at radius 2 is 1.92 bits per heavy atom. The van der Waals surface area contributed by atoms with E-state index in [1.165, 1.54) is 4.90 Å². The number of alkyl halides is 3. The van der Waals surface area contributed by atoms with E-state index >= 15 is 0 Å². The molecule has 2 rings (SSSR count). The van der Waals surface area contributed by atoms with E-state index in [-0.39, 0.29) is 37.5 Å². The Kier molecular flexibility index (Phi) is 6.09. The zero-order chi connectivity index (χ0) is 17.7. The molecule has 136 valence electrons. The maximum atomic E-state index is 12.6. The molecule has 0 radical (unpaired) electrons. The number of carbonyl (C=O) groups is 2. The summed E-state index contributed by atoms with van der Waals surface area (Å²) in [6.07, 6.45) is -1.95. The van der Waals surface area contributed by atoms with Crippen molar-refractivity contribution in [3.8, 4) is 0 Å². The number of carbonyl (C=O) groups excluding carboxylic acids is 2. The Morgan fingerprint density at radius 3 is 2.42 bits per heavy atom. The predicted octanol–water partition coefficient (Wildman–Crippen LogP) is 1.10. The Balaban J connectivity index is 1.75. The van der Waals surface area contributed by atoms with Crippen LogP contribution >= 0.6 is 0 Å². The maximum absolute atomic E-state index is 12.6. The van der Waals surface area contributed by atoms with E-state index < -0.39 is 11.7 Å². The number of amides is 3. The van der Waals surface area contributed by atoms with Crippen molar-refractivity contribution in [2.75, 3.05) is 39.8 Å². The molecular formula is C15H23F3N4O2. The van der Waals surface area contributed by atoms with Gasteiger partial charge < -0.3 is 15.5 Å². The van der Waals surface area contributed by atoms with Crippen LogP contribution in [0.25, 0.3) is 0 Å².